The number of carbonyl (C=O) groups excluding carboxylic acids is 1. The van der Waals surface area contributed by atoms with Gasteiger partial charge in [0.25, 0.3) is 0 Å². The van der Waals surface area contributed by atoms with Crippen molar-refractivity contribution in [3.8, 4) is 6.07 Å². The molecule has 1 saturated carbocycles. The summed E-state index contributed by atoms with van der Waals surface area (Å²) in [6.07, 6.45) is 1.79. The Labute approximate surface area is 142 Å². The van der Waals surface area contributed by atoms with Crippen LogP contribution >= 0.6 is 15.9 Å². The smallest absolute Gasteiger partial charge is 0.238 e. The number of methoxy groups -OCH3 is 2. The van der Waals surface area contributed by atoms with E-state index in [1.807, 2.05) is 18.2 Å². The van der Waals surface area contributed by atoms with Gasteiger partial charge in [-0.05, 0) is 23.8 Å². The van der Waals surface area contributed by atoms with Crippen molar-refractivity contribution in [3.05, 3.63) is 39.9 Å². The fourth-order valence-electron chi connectivity index (χ4n) is 4.42. The molecule has 0 spiro atoms. The molecule has 4 atom stereocenters. The second-order valence-electron chi connectivity index (χ2n) is 6.10. The van der Waals surface area contributed by atoms with Crippen LogP contribution in [0.15, 0.2) is 34.3 Å². The number of ketones is 1. The molecule has 1 fully saturated rings. The molecule has 1 aromatic carbocycles. The summed E-state index contributed by atoms with van der Waals surface area (Å²) in [7, 11) is 2.93. The Morgan fingerprint density at radius 1 is 1.35 bits per heavy atom. The number of hydrogen-bond acceptors (Lipinski definition) is 5. The molecule has 0 aromatic heterocycles. The minimum Gasteiger partial charge on any atom is -0.381 e. The summed E-state index contributed by atoms with van der Waals surface area (Å²) in [5, 5.41) is 13.0. The van der Waals surface area contributed by atoms with Gasteiger partial charge < -0.3 is 14.8 Å². The minimum atomic E-state index is -1.39. The van der Waals surface area contributed by atoms with Gasteiger partial charge in [-0.25, -0.2) is 0 Å². The largest absolute Gasteiger partial charge is 0.381 e. The molecule has 4 unspecified atom stereocenters. The number of anilines is 1. The number of fused-ring (bicyclic) bond motifs is 2. The monoisotopic (exact) mass is 374 g/mol. The Bertz CT molecular complexity index is 779. The molecule has 1 aliphatic heterocycles. The molecule has 2 bridgehead atoms. The number of ether oxygens (including phenoxy) is 2. The second kappa shape index (κ2) is 4.91. The Morgan fingerprint density at radius 3 is 2.74 bits per heavy atom. The summed E-state index contributed by atoms with van der Waals surface area (Å²) in [5.74, 6) is -2.39. The highest BCUT2D eigenvalue weighted by Gasteiger charge is 2.66. The van der Waals surface area contributed by atoms with Crippen LogP contribution in [0.4, 0.5) is 5.69 Å². The van der Waals surface area contributed by atoms with Gasteiger partial charge in [-0.1, -0.05) is 22.0 Å². The highest BCUT2D eigenvalue weighted by molar-refractivity contribution is 9.10. The maximum atomic E-state index is 13.0. The molecule has 23 heavy (non-hydrogen) atoms. The van der Waals surface area contributed by atoms with Crippen molar-refractivity contribution < 1.29 is 14.3 Å². The molecule has 0 radical (unpaired) electrons. The fraction of sp³-hybridized carbons (Fsp3) is 0.412. The van der Waals surface area contributed by atoms with E-state index in [1.165, 1.54) is 14.2 Å². The van der Waals surface area contributed by atoms with Crippen LogP contribution in [0.5, 0.6) is 0 Å². The number of nitriles is 1. The fourth-order valence-corrected chi connectivity index (χ4v) is 4.79. The van der Waals surface area contributed by atoms with Crippen LogP contribution in [0.1, 0.15) is 11.5 Å². The van der Waals surface area contributed by atoms with Crippen LogP contribution in [0.2, 0.25) is 0 Å². The zero-order valence-corrected chi connectivity index (χ0v) is 14.3. The Hall–Kier alpha value is -1.68. The maximum absolute atomic E-state index is 13.0. The van der Waals surface area contributed by atoms with E-state index in [9.17, 15) is 10.1 Å². The summed E-state index contributed by atoms with van der Waals surface area (Å²) < 4.78 is 12.0. The first-order valence-corrected chi connectivity index (χ1v) is 8.19. The number of nitrogens with one attached hydrogen (secondary N) is 1. The van der Waals surface area contributed by atoms with Gasteiger partial charge in [-0.3, -0.25) is 4.79 Å². The summed E-state index contributed by atoms with van der Waals surface area (Å²) in [6.45, 7) is 0. The van der Waals surface area contributed by atoms with Gasteiger partial charge in [-0.15, -0.1) is 0 Å². The second-order valence-corrected chi connectivity index (χ2v) is 7.02. The normalized spacial score (nSPS) is 32.6. The van der Waals surface area contributed by atoms with Crippen LogP contribution in [-0.2, 0) is 14.3 Å². The number of benzene rings is 1. The van der Waals surface area contributed by atoms with Crippen molar-refractivity contribution in [1.29, 1.82) is 5.26 Å². The zero-order chi connectivity index (χ0) is 16.4. The first-order chi connectivity index (χ1) is 11.1. The molecule has 5 nitrogen and oxygen atoms in total. The molecule has 6 heteroatoms. The van der Waals surface area contributed by atoms with Crippen molar-refractivity contribution in [2.45, 2.75) is 17.7 Å². The molecule has 1 aromatic rings. The van der Waals surface area contributed by atoms with Gasteiger partial charge in [0.1, 0.15) is 0 Å². The third-order valence-corrected chi connectivity index (χ3v) is 5.81. The standard InChI is InChI=1S/C17H15BrN2O3/c1-22-17(23-2)14-8(7-19)5-11(16(17)21)13-10-6-9(18)3-4-12(10)20-15(13)14/h3-6,11,13-15,20H,1-2H3. The molecule has 3 aliphatic carbocycles. The lowest BCUT2D eigenvalue weighted by Crippen LogP contribution is -2.65. The summed E-state index contributed by atoms with van der Waals surface area (Å²) in [5.41, 5.74) is 2.65. The maximum Gasteiger partial charge on any atom is 0.238 e. The Balaban J connectivity index is 1.91. The Kier molecular flexibility index (Phi) is 3.17. The van der Waals surface area contributed by atoms with Crippen LogP contribution < -0.4 is 5.32 Å². The van der Waals surface area contributed by atoms with Gasteiger partial charge in [0.2, 0.25) is 5.79 Å². The number of rotatable bonds is 2. The molecular formula is C17H15BrN2O3. The number of nitrogens with zero attached hydrogens (tertiary/aromatic N) is 1. The van der Waals surface area contributed by atoms with Gasteiger partial charge in [0.05, 0.1) is 17.9 Å². The molecule has 0 amide bonds. The van der Waals surface area contributed by atoms with Crippen LogP contribution in [0.25, 0.3) is 0 Å². The molecule has 4 aliphatic rings. The van der Waals surface area contributed by atoms with Gasteiger partial charge >= 0.3 is 0 Å². The molecule has 1 N–H and O–H groups in total. The molecular weight excluding hydrogens is 360 g/mol. The van der Waals surface area contributed by atoms with Crippen molar-refractivity contribution in [2.75, 3.05) is 19.5 Å². The topological polar surface area (TPSA) is 71.3 Å². The van der Waals surface area contributed by atoms with E-state index in [4.69, 9.17) is 9.47 Å². The molecule has 5 rings (SSSR count). The van der Waals surface area contributed by atoms with E-state index in [0.29, 0.717) is 5.57 Å². The quantitative estimate of drug-likeness (QED) is 0.805. The SMILES string of the molecule is COC1(OC)C(=O)C2C=C(C#N)C1C1Nc3ccc(Br)cc3C21. The average molecular weight is 375 g/mol. The van der Waals surface area contributed by atoms with Gasteiger partial charge in [-0.2, -0.15) is 5.26 Å². The number of carbonyl (C=O) groups is 1. The summed E-state index contributed by atoms with van der Waals surface area (Å²) >= 11 is 3.50. The number of Topliss-reactive ketones (excluding diaryl/α,β-unsaturated/α-hetero) is 1. The average Bonchev–Trinajstić information content (AvgIpc) is 2.95. The van der Waals surface area contributed by atoms with E-state index < -0.39 is 17.6 Å². The summed E-state index contributed by atoms with van der Waals surface area (Å²) in [4.78, 5) is 13.0. The Morgan fingerprint density at radius 2 is 2.09 bits per heavy atom. The van der Waals surface area contributed by atoms with Crippen LogP contribution in [-0.4, -0.2) is 31.8 Å². The highest BCUT2D eigenvalue weighted by Crippen LogP contribution is 2.57. The first kappa shape index (κ1) is 14.9. The van der Waals surface area contributed by atoms with Crippen molar-refractivity contribution >= 4 is 27.4 Å². The molecule has 0 saturated heterocycles. The first-order valence-electron chi connectivity index (χ1n) is 7.39. The lowest BCUT2D eigenvalue weighted by molar-refractivity contribution is -0.239. The predicted molar refractivity (Wildman–Crippen MR) is 86.7 cm³/mol. The van der Waals surface area contributed by atoms with Crippen molar-refractivity contribution in [3.63, 3.8) is 0 Å². The lowest BCUT2D eigenvalue weighted by Gasteiger charge is -2.51. The third-order valence-electron chi connectivity index (χ3n) is 5.31. The number of halogens is 1. The van der Waals surface area contributed by atoms with Crippen molar-refractivity contribution in [2.24, 2.45) is 11.8 Å². The van der Waals surface area contributed by atoms with Crippen LogP contribution in [0.3, 0.4) is 0 Å². The van der Waals surface area contributed by atoms with Gasteiger partial charge in [0, 0.05) is 41.9 Å². The van der Waals surface area contributed by atoms with Gasteiger partial charge in [0.15, 0.2) is 5.78 Å². The molecule has 118 valence electrons. The van der Waals surface area contributed by atoms with Crippen molar-refractivity contribution in [1.82, 2.24) is 0 Å². The minimum absolute atomic E-state index is 0.00414. The number of hydrogen-bond donors (Lipinski definition) is 1. The molecule has 1 heterocycles. The number of allylic oxidation sites excluding steroid dienone is 1. The highest BCUT2D eigenvalue weighted by atomic mass is 79.9. The zero-order valence-electron chi connectivity index (χ0n) is 12.7. The van der Waals surface area contributed by atoms with E-state index in [2.05, 4.69) is 27.3 Å². The lowest BCUT2D eigenvalue weighted by atomic mass is 9.58. The predicted octanol–water partition coefficient (Wildman–Crippen LogP) is 2.59. The third kappa shape index (κ3) is 1.70. The van der Waals surface area contributed by atoms with E-state index >= 15 is 0 Å². The van der Waals surface area contributed by atoms with E-state index in [0.717, 1.165) is 15.7 Å². The summed E-state index contributed by atoms with van der Waals surface area (Å²) in [6, 6.07) is 8.14. The van der Waals surface area contributed by atoms with E-state index in [-0.39, 0.29) is 17.7 Å². The van der Waals surface area contributed by atoms with E-state index in [1.54, 1.807) is 6.08 Å². The van der Waals surface area contributed by atoms with Crippen LogP contribution in [0, 0.1) is 23.2 Å².